The molecule has 0 amide bonds. The Morgan fingerprint density at radius 3 is 1.76 bits per heavy atom. The van der Waals surface area contributed by atoms with Gasteiger partial charge in [0.2, 0.25) is 0 Å². The van der Waals surface area contributed by atoms with Crippen molar-refractivity contribution in [3.63, 3.8) is 0 Å². The van der Waals surface area contributed by atoms with Crippen LogP contribution in [0.3, 0.4) is 0 Å². The van der Waals surface area contributed by atoms with Gasteiger partial charge in [-0.2, -0.15) is 0 Å². The van der Waals surface area contributed by atoms with Crippen molar-refractivity contribution in [2.45, 2.75) is 0 Å². The van der Waals surface area contributed by atoms with Crippen molar-refractivity contribution in [2.75, 3.05) is 33.5 Å². The van der Waals surface area contributed by atoms with Crippen molar-refractivity contribution in [1.29, 1.82) is 0 Å². The van der Waals surface area contributed by atoms with Crippen LogP contribution >= 0.6 is 0 Å². The third-order valence-corrected chi connectivity index (χ3v) is 5.32. The summed E-state index contributed by atoms with van der Waals surface area (Å²) in [6.45, 7) is 4.68. The lowest BCUT2D eigenvalue weighted by atomic mass is 9.96. The molecule has 0 unspecified atom stereocenters. The number of benzene rings is 4. The van der Waals surface area contributed by atoms with E-state index < -0.39 is 5.97 Å². The first kappa shape index (κ1) is 22.4. The van der Waals surface area contributed by atoms with Gasteiger partial charge in [-0.05, 0) is 22.9 Å². The number of carbonyl (C=O) groups is 1. The average Bonchev–Trinajstić information content (AvgIpc) is 2.86. The molecule has 0 aliphatic heterocycles. The number of rotatable bonds is 10. The molecule has 0 radical (unpaired) electrons. The van der Waals surface area contributed by atoms with Crippen LogP contribution < -0.4 is 9.47 Å². The second kappa shape index (κ2) is 10.7. The second-order valence-corrected chi connectivity index (χ2v) is 7.39. The van der Waals surface area contributed by atoms with Crippen LogP contribution in [0, 0.1) is 0 Å². The highest BCUT2D eigenvalue weighted by Gasteiger charge is 2.17. The molecule has 0 N–H and O–H groups in total. The molecule has 4 rings (SSSR count). The van der Waals surface area contributed by atoms with Crippen LogP contribution in [-0.4, -0.2) is 39.5 Å². The van der Waals surface area contributed by atoms with Crippen LogP contribution in [0.2, 0.25) is 0 Å². The summed E-state index contributed by atoms with van der Waals surface area (Å²) in [7, 11) is 1.65. The minimum Gasteiger partial charge on any atom is -0.490 e. The van der Waals surface area contributed by atoms with E-state index in [0.29, 0.717) is 13.2 Å². The number of hydrogen-bond donors (Lipinski definition) is 0. The topological polar surface area (TPSA) is 54.0 Å². The number of carbonyl (C=O) groups excluding carboxylic acids is 1. The first-order chi connectivity index (χ1) is 16.2. The molecule has 0 saturated carbocycles. The van der Waals surface area contributed by atoms with Crippen LogP contribution in [0.4, 0.5) is 0 Å². The summed E-state index contributed by atoms with van der Waals surface area (Å²) in [4.78, 5) is 11.4. The van der Waals surface area contributed by atoms with Crippen molar-refractivity contribution in [3.8, 4) is 22.6 Å². The zero-order valence-corrected chi connectivity index (χ0v) is 18.6. The highest BCUT2D eigenvalue weighted by Crippen LogP contribution is 2.43. The predicted molar refractivity (Wildman–Crippen MR) is 131 cm³/mol. The van der Waals surface area contributed by atoms with Crippen molar-refractivity contribution < 1.29 is 23.7 Å². The number of fused-ring (bicyclic) bond motifs is 2. The fourth-order valence-electron chi connectivity index (χ4n) is 3.79. The van der Waals surface area contributed by atoms with Crippen molar-refractivity contribution in [1.82, 2.24) is 0 Å². The molecule has 0 spiro atoms. The highest BCUT2D eigenvalue weighted by molar-refractivity contribution is 6.00. The summed E-state index contributed by atoms with van der Waals surface area (Å²) in [6, 6.07) is 24.4. The molecule has 0 aliphatic carbocycles. The molecular formula is C28H26O5. The summed E-state index contributed by atoms with van der Waals surface area (Å²) in [6.07, 6.45) is 1.14. The van der Waals surface area contributed by atoms with Crippen molar-refractivity contribution in [2.24, 2.45) is 0 Å². The van der Waals surface area contributed by atoms with Gasteiger partial charge in [0.05, 0.1) is 6.61 Å². The van der Waals surface area contributed by atoms with E-state index in [9.17, 15) is 4.79 Å². The van der Waals surface area contributed by atoms with Gasteiger partial charge in [0, 0.05) is 35.1 Å². The third kappa shape index (κ3) is 4.99. The Labute approximate surface area is 193 Å². The van der Waals surface area contributed by atoms with E-state index in [0.717, 1.165) is 50.2 Å². The van der Waals surface area contributed by atoms with Crippen molar-refractivity contribution >= 4 is 27.5 Å². The molecule has 0 saturated heterocycles. The molecule has 0 aromatic heterocycles. The Balaban J connectivity index is 1.80. The van der Waals surface area contributed by atoms with E-state index in [1.165, 1.54) is 0 Å². The van der Waals surface area contributed by atoms with E-state index in [4.69, 9.17) is 18.9 Å². The number of hydrogen-bond acceptors (Lipinski definition) is 5. The highest BCUT2D eigenvalue weighted by atomic mass is 16.6. The number of methoxy groups -OCH3 is 1. The molecule has 4 aromatic rings. The fraction of sp³-hybridized carbons (Fsp3) is 0.179. The molecule has 0 atom stereocenters. The monoisotopic (exact) mass is 442 g/mol. The normalized spacial score (nSPS) is 10.8. The van der Waals surface area contributed by atoms with Gasteiger partial charge in [-0.15, -0.1) is 0 Å². The zero-order chi connectivity index (χ0) is 23.0. The smallest absolute Gasteiger partial charge is 0.330 e. The summed E-state index contributed by atoms with van der Waals surface area (Å²) < 4.78 is 22.7. The maximum absolute atomic E-state index is 11.4. The SMILES string of the molecule is C=CC(=O)OCCOc1c(-c2ccc3ccccc3c2OCCOC)ccc2ccccc12. The van der Waals surface area contributed by atoms with Crippen molar-refractivity contribution in [3.05, 3.63) is 85.5 Å². The molecule has 5 heteroatoms. The lowest BCUT2D eigenvalue weighted by molar-refractivity contribution is -0.138. The molecule has 0 aliphatic rings. The fourth-order valence-corrected chi connectivity index (χ4v) is 3.79. The molecule has 0 heterocycles. The second-order valence-electron chi connectivity index (χ2n) is 7.39. The maximum Gasteiger partial charge on any atom is 0.330 e. The maximum atomic E-state index is 11.4. The van der Waals surface area contributed by atoms with Gasteiger partial charge >= 0.3 is 5.97 Å². The van der Waals surface area contributed by atoms with Crippen LogP contribution in [-0.2, 0) is 14.3 Å². The van der Waals surface area contributed by atoms with Crippen LogP contribution in [0.25, 0.3) is 32.7 Å². The van der Waals surface area contributed by atoms with E-state index in [2.05, 4.69) is 36.9 Å². The lowest BCUT2D eigenvalue weighted by Gasteiger charge is -2.19. The largest absolute Gasteiger partial charge is 0.490 e. The van der Waals surface area contributed by atoms with Gasteiger partial charge < -0.3 is 18.9 Å². The molecule has 0 bridgehead atoms. The van der Waals surface area contributed by atoms with Gasteiger partial charge in [0.1, 0.15) is 31.3 Å². The lowest BCUT2D eigenvalue weighted by Crippen LogP contribution is -2.11. The first-order valence-electron chi connectivity index (χ1n) is 10.8. The van der Waals surface area contributed by atoms with Gasteiger partial charge in [-0.1, -0.05) is 67.2 Å². The van der Waals surface area contributed by atoms with Crippen LogP contribution in [0.1, 0.15) is 0 Å². The zero-order valence-electron chi connectivity index (χ0n) is 18.6. The molecule has 4 aromatic carbocycles. The molecule has 5 nitrogen and oxygen atoms in total. The molecule has 33 heavy (non-hydrogen) atoms. The Morgan fingerprint density at radius 1 is 0.727 bits per heavy atom. The summed E-state index contributed by atoms with van der Waals surface area (Å²) in [5, 5.41) is 4.14. The van der Waals surface area contributed by atoms with E-state index in [1.807, 2.05) is 42.5 Å². The van der Waals surface area contributed by atoms with E-state index in [-0.39, 0.29) is 13.2 Å². The minimum atomic E-state index is -0.472. The Morgan fingerprint density at radius 2 is 1.24 bits per heavy atom. The van der Waals surface area contributed by atoms with E-state index >= 15 is 0 Å². The Hall–Kier alpha value is -3.83. The summed E-state index contributed by atoms with van der Waals surface area (Å²) >= 11 is 0. The van der Waals surface area contributed by atoms with Crippen LogP contribution in [0.5, 0.6) is 11.5 Å². The van der Waals surface area contributed by atoms with Crippen LogP contribution in [0.15, 0.2) is 85.5 Å². The number of esters is 1. The minimum absolute atomic E-state index is 0.127. The average molecular weight is 443 g/mol. The van der Waals surface area contributed by atoms with Gasteiger partial charge in [-0.25, -0.2) is 4.79 Å². The molecule has 168 valence electrons. The molecular weight excluding hydrogens is 416 g/mol. The Bertz CT molecular complexity index is 1280. The molecule has 0 fully saturated rings. The van der Waals surface area contributed by atoms with E-state index in [1.54, 1.807) is 7.11 Å². The first-order valence-corrected chi connectivity index (χ1v) is 10.8. The summed E-state index contributed by atoms with van der Waals surface area (Å²) in [5.41, 5.74) is 1.83. The predicted octanol–water partition coefficient (Wildman–Crippen LogP) is 5.79. The third-order valence-electron chi connectivity index (χ3n) is 5.32. The van der Waals surface area contributed by atoms with Gasteiger partial charge in [-0.3, -0.25) is 0 Å². The number of ether oxygens (including phenoxy) is 4. The summed E-state index contributed by atoms with van der Waals surface area (Å²) in [5.74, 6) is 1.03. The Kier molecular flexibility index (Phi) is 7.22. The van der Waals surface area contributed by atoms with Gasteiger partial charge in [0.15, 0.2) is 0 Å². The standard InChI is InChI=1S/C28H26O5/c1-3-26(29)31-18-19-33-28-23-11-7-5-9-21(23)13-15-25(28)24-14-12-20-8-4-6-10-22(20)27(24)32-17-16-30-2/h3-15H,1,16-19H2,2H3. The quantitative estimate of drug-likeness (QED) is 0.177. The van der Waals surface area contributed by atoms with Gasteiger partial charge in [0.25, 0.3) is 0 Å².